The average molecular weight is 374 g/mol. The lowest BCUT2D eigenvalue weighted by Gasteiger charge is -2.34. The number of rotatable bonds is 4. The van der Waals surface area contributed by atoms with Crippen molar-refractivity contribution >= 4 is 11.8 Å². The van der Waals surface area contributed by atoms with Crippen LogP contribution in [0.25, 0.3) is 0 Å². The fourth-order valence-electron chi connectivity index (χ4n) is 2.83. The monoisotopic (exact) mass is 374 g/mol. The van der Waals surface area contributed by atoms with E-state index in [1.807, 2.05) is 0 Å². The molecule has 0 bridgehead atoms. The number of benzene rings is 1. The third-order valence-corrected chi connectivity index (χ3v) is 4.23. The number of hydrogen-bond acceptors (Lipinski definition) is 5. The Balaban J connectivity index is 1.62. The summed E-state index contributed by atoms with van der Waals surface area (Å²) in [4.78, 5) is 39.1. The van der Waals surface area contributed by atoms with Crippen LogP contribution in [0.1, 0.15) is 27.8 Å². The summed E-state index contributed by atoms with van der Waals surface area (Å²) in [6, 6.07) is 6.73. The lowest BCUT2D eigenvalue weighted by atomic mass is 10.1. The highest BCUT2D eigenvalue weighted by atomic mass is 19.1. The van der Waals surface area contributed by atoms with Gasteiger partial charge in [0.25, 0.3) is 17.4 Å². The van der Waals surface area contributed by atoms with Crippen molar-refractivity contribution in [3.05, 3.63) is 57.8 Å². The molecule has 2 amide bonds. The van der Waals surface area contributed by atoms with Gasteiger partial charge in [-0.15, -0.1) is 0 Å². The van der Waals surface area contributed by atoms with Crippen molar-refractivity contribution in [1.29, 1.82) is 0 Å². The van der Waals surface area contributed by atoms with Crippen LogP contribution in [0.15, 0.2) is 35.1 Å². The summed E-state index contributed by atoms with van der Waals surface area (Å²) >= 11 is 0. The fourth-order valence-corrected chi connectivity index (χ4v) is 2.83. The normalized spacial score (nSPS) is 14.1. The van der Waals surface area contributed by atoms with Crippen LogP contribution < -0.4 is 10.3 Å². The van der Waals surface area contributed by atoms with Crippen molar-refractivity contribution in [2.75, 3.05) is 32.8 Å². The third kappa shape index (κ3) is 4.13. The zero-order valence-corrected chi connectivity index (χ0v) is 14.8. The molecule has 2 heterocycles. The van der Waals surface area contributed by atoms with Crippen molar-refractivity contribution in [3.63, 3.8) is 0 Å². The van der Waals surface area contributed by atoms with E-state index in [1.54, 1.807) is 16.7 Å². The lowest BCUT2D eigenvalue weighted by Crippen LogP contribution is -2.50. The van der Waals surface area contributed by atoms with E-state index in [2.05, 4.69) is 10.2 Å². The van der Waals surface area contributed by atoms with Gasteiger partial charge in [-0.3, -0.25) is 14.4 Å². The first kappa shape index (κ1) is 18.6. The van der Waals surface area contributed by atoms with Crippen LogP contribution in [0.4, 0.5) is 4.39 Å². The van der Waals surface area contributed by atoms with Crippen molar-refractivity contribution in [2.24, 2.45) is 0 Å². The Morgan fingerprint density at radius 1 is 1.11 bits per heavy atom. The van der Waals surface area contributed by atoms with Crippen LogP contribution in [-0.4, -0.2) is 64.6 Å². The number of carbonyl (C=O) groups is 2. The molecule has 0 unspecified atom stereocenters. The molecule has 1 N–H and O–H groups in total. The molecule has 2 aromatic rings. The number of aromatic amines is 1. The highest BCUT2D eigenvalue weighted by Crippen LogP contribution is 2.20. The topological polar surface area (TPSA) is 95.6 Å². The molecule has 1 aliphatic heterocycles. The molecule has 0 radical (unpaired) electrons. The largest absolute Gasteiger partial charge is 0.491 e. The molecule has 3 rings (SSSR count). The minimum absolute atomic E-state index is 0.109. The minimum Gasteiger partial charge on any atom is -0.491 e. The van der Waals surface area contributed by atoms with Gasteiger partial charge in [0.1, 0.15) is 5.69 Å². The Hall–Kier alpha value is -3.23. The maximum absolute atomic E-state index is 14.0. The first-order valence-corrected chi connectivity index (χ1v) is 8.56. The van der Waals surface area contributed by atoms with Gasteiger partial charge in [0.15, 0.2) is 11.6 Å². The van der Waals surface area contributed by atoms with Gasteiger partial charge >= 0.3 is 0 Å². The summed E-state index contributed by atoms with van der Waals surface area (Å²) in [5, 5.41) is 5.95. The molecule has 0 saturated carbocycles. The molecule has 27 heavy (non-hydrogen) atoms. The zero-order chi connectivity index (χ0) is 19.4. The first-order chi connectivity index (χ1) is 13.0. The predicted octanol–water partition coefficient (Wildman–Crippen LogP) is 0.906. The Morgan fingerprint density at radius 3 is 2.33 bits per heavy atom. The molecule has 0 spiro atoms. The quantitative estimate of drug-likeness (QED) is 0.858. The number of carbonyl (C=O) groups excluding carboxylic acids is 2. The molecule has 0 aliphatic carbocycles. The second kappa shape index (κ2) is 7.98. The van der Waals surface area contributed by atoms with Crippen molar-refractivity contribution in [1.82, 2.24) is 20.0 Å². The maximum Gasteiger partial charge on any atom is 0.274 e. The Labute approximate surface area is 154 Å². The fraction of sp³-hybridized carbons (Fsp3) is 0.333. The standard InChI is InChI=1S/C18H19FN4O4/c1-2-27-15-5-3-12(11-13(15)19)17(25)22-7-9-23(10-8-22)18(26)14-4-6-16(24)21-20-14/h3-6,11H,2,7-10H2,1H3,(H,21,24). The number of piperazine rings is 1. The SMILES string of the molecule is CCOc1ccc(C(=O)N2CCN(C(=O)c3ccc(=O)[nH]n3)CC2)cc1F. The van der Waals surface area contributed by atoms with Crippen molar-refractivity contribution < 1.29 is 18.7 Å². The van der Waals surface area contributed by atoms with Crippen LogP contribution in [0.2, 0.25) is 0 Å². The number of aromatic nitrogens is 2. The third-order valence-electron chi connectivity index (χ3n) is 4.23. The maximum atomic E-state index is 14.0. The Kier molecular flexibility index (Phi) is 5.49. The van der Waals surface area contributed by atoms with Gasteiger partial charge in [-0.1, -0.05) is 0 Å². The number of halogens is 1. The summed E-state index contributed by atoms with van der Waals surface area (Å²) < 4.78 is 19.1. The molecule has 1 saturated heterocycles. The van der Waals surface area contributed by atoms with E-state index in [4.69, 9.17) is 4.74 Å². The van der Waals surface area contributed by atoms with Crippen LogP contribution >= 0.6 is 0 Å². The van der Waals surface area contributed by atoms with E-state index >= 15 is 0 Å². The van der Waals surface area contributed by atoms with Gasteiger partial charge in [0.2, 0.25) is 0 Å². The van der Waals surface area contributed by atoms with E-state index in [0.29, 0.717) is 32.8 Å². The van der Waals surface area contributed by atoms with Crippen molar-refractivity contribution in [3.8, 4) is 5.75 Å². The number of hydrogen-bond donors (Lipinski definition) is 1. The van der Waals surface area contributed by atoms with E-state index < -0.39 is 5.82 Å². The van der Waals surface area contributed by atoms with Gasteiger partial charge in [0, 0.05) is 37.8 Å². The van der Waals surface area contributed by atoms with Crippen LogP contribution in [0.3, 0.4) is 0 Å². The molecule has 1 fully saturated rings. The summed E-state index contributed by atoms with van der Waals surface area (Å²) in [7, 11) is 0. The van der Waals surface area contributed by atoms with Crippen LogP contribution in [0.5, 0.6) is 5.75 Å². The van der Waals surface area contributed by atoms with E-state index in [1.165, 1.54) is 24.3 Å². The molecular weight excluding hydrogens is 355 g/mol. The highest BCUT2D eigenvalue weighted by Gasteiger charge is 2.26. The van der Waals surface area contributed by atoms with Crippen LogP contribution in [0, 0.1) is 5.82 Å². The van der Waals surface area contributed by atoms with Gasteiger partial charge < -0.3 is 14.5 Å². The van der Waals surface area contributed by atoms with Gasteiger partial charge in [-0.25, -0.2) is 9.49 Å². The second-order valence-corrected chi connectivity index (χ2v) is 5.97. The molecule has 8 nitrogen and oxygen atoms in total. The highest BCUT2D eigenvalue weighted by molar-refractivity contribution is 5.95. The van der Waals surface area contributed by atoms with Gasteiger partial charge in [-0.05, 0) is 31.2 Å². The Morgan fingerprint density at radius 2 is 1.78 bits per heavy atom. The minimum atomic E-state index is -0.583. The van der Waals surface area contributed by atoms with Crippen LogP contribution in [-0.2, 0) is 0 Å². The number of nitrogens with zero attached hydrogens (tertiary/aromatic N) is 3. The number of amides is 2. The molecule has 1 aromatic heterocycles. The molecule has 142 valence electrons. The lowest BCUT2D eigenvalue weighted by molar-refractivity contribution is 0.0531. The smallest absolute Gasteiger partial charge is 0.274 e. The van der Waals surface area contributed by atoms with Crippen molar-refractivity contribution in [2.45, 2.75) is 6.92 Å². The van der Waals surface area contributed by atoms with E-state index in [9.17, 15) is 18.8 Å². The molecule has 1 aromatic carbocycles. The summed E-state index contributed by atoms with van der Waals surface area (Å²) in [6.45, 7) is 3.38. The average Bonchev–Trinajstić information content (AvgIpc) is 2.69. The zero-order valence-electron chi connectivity index (χ0n) is 14.8. The second-order valence-electron chi connectivity index (χ2n) is 5.97. The predicted molar refractivity (Wildman–Crippen MR) is 94.2 cm³/mol. The summed E-state index contributed by atoms with van der Waals surface area (Å²) in [5.41, 5.74) is -0.00875. The molecule has 1 aliphatic rings. The van der Waals surface area contributed by atoms with Gasteiger partial charge in [0.05, 0.1) is 6.61 Å². The summed E-state index contributed by atoms with van der Waals surface area (Å²) in [6.07, 6.45) is 0. The van der Waals surface area contributed by atoms with E-state index in [0.717, 1.165) is 6.07 Å². The first-order valence-electron chi connectivity index (χ1n) is 8.56. The van der Waals surface area contributed by atoms with E-state index in [-0.39, 0.29) is 34.4 Å². The number of ether oxygens (including phenoxy) is 1. The summed E-state index contributed by atoms with van der Waals surface area (Å²) in [5.74, 6) is -1.09. The van der Waals surface area contributed by atoms with Gasteiger partial charge in [-0.2, -0.15) is 5.10 Å². The molecule has 9 heteroatoms. The molecule has 0 atom stereocenters. The number of nitrogens with one attached hydrogen (secondary N) is 1. The molecular formula is C18H19FN4O4. The Bertz CT molecular complexity index is 886. The number of H-pyrrole nitrogens is 1.